The van der Waals surface area contributed by atoms with Crippen LogP contribution in [-0.2, 0) is 25.6 Å². The van der Waals surface area contributed by atoms with Gasteiger partial charge in [0.15, 0.2) is 6.10 Å². The van der Waals surface area contributed by atoms with Crippen LogP contribution < -0.4 is 10.2 Å². The number of methoxy groups -OCH3 is 2. The van der Waals surface area contributed by atoms with Crippen LogP contribution in [0.1, 0.15) is 25.3 Å². The van der Waals surface area contributed by atoms with Crippen LogP contribution in [0, 0.1) is 0 Å². The average molecular weight is 366 g/mol. The molecular weight excluding hydrogens is 340 g/mol. The van der Waals surface area contributed by atoms with Crippen LogP contribution in [0.15, 0.2) is 24.3 Å². The van der Waals surface area contributed by atoms with Crippen molar-refractivity contribution in [1.82, 2.24) is 10.4 Å². The van der Waals surface area contributed by atoms with Crippen molar-refractivity contribution in [2.24, 2.45) is 0 Å². The van der Waals surface area contributed by atoms with Crippen molar-refractivity contribution in [3.8, 4) is 5.75 Å². The summed E-state index contributed by atoms with van der Waals surface area (Å²) >= 11 is 0. The molecule has 1 saturated heterocycles. The minimum absolute atomic E-state index is 0.291. The molecule has 1 aromatic rings. The van der Waals surface area contributed by atoms with Crippen molar-refractivity contribution < 1.29 is 28.5 Å². The molecule has 144 valence electrons. The van der Waals surface area contributed by atoms with E-state index in [0.717, 1.165) is 24.2 Å². The number of hydrazine groups is 1. The Morgan fingerprint density at radius 2 is 2.00 bits per heavy atom. The second-order valence-corrected chi connectivity index (χ2v) is 6.05. The molecule has 0 aromatic heterocycles. The Morgan fingerprint density at radius 1 is 1.27 bits per heavy atom. The highest BCUT2D eigenvalue weighted by Gasteiger charge is 2.26. The van der Waals surface area contributed by atoms with Gasteiger partial charge < -0.3 is 18.9 Å². The summed E-state index contributed by atoms with van der Waals surface area (Å²) < 4.78 is 20.8. The van der Waals surface area contributed by atoms with E-state index in [9.17, 15) is 9.59 Å². The van der Waals surface area contributed by atoms with E-state index in [1.54, 1.807) is 19.0 Å². The molecule has 2 unspecified atom stereocenters. The summed E-state index contributed by atoms with van der Waals surface area (Å²) in [5.74, 6) is 0.354. The summed E-state index contributed by atoms with van der Waals surface area (Å²) in [6, 6.07) is 7.45. The van der Waals surface area contributed by atoms with Gasteiger partial charge in [-0.1, -0.05) is 12.1 Å². The molecule has 2 atom stereocenters. The third-order valence-electron chi connectivity index (χ3n) is 4.09. The van der Waals surface area contributed by atoms with Crippen molar-refractivity contribution in [1.29, 1.82) is 0 Å². The molecule has 0 bridgehead atoms. The molecule has 1 heterocycles. The molecule has 26 heavy (non-hydrogen) atoms. The number of ether oxygens (including phenoxy) is 4. The Balaban J connectivity index is 1.75. The van der Waals surface area contributed by atoms with Crippen molar-refractivity contribution >= 4 is 12.1 Å². The molecule has 0 aliphatic carbocycles. The summed E-state index contributed by atoms with van der Waals surface area (Å²) in [6.07, 6.45) is 0.0499. The highest BCUT2D eigenvalue weighted by Crippen LogP contribution is 2.15. The van der Waals surface area contributed by atoms with Crippen molar-refractivity contribution in [3.63, 3.8) is 0 Å². The number of rotatable bonds is 7. The predicted octanol–water partition coefficient (Wildman–Crippen LogP) is 1.88. The van der Waals surface area contributed by atoms with Gasteiger partial charge in [-0.25, -0.2) is 14.6 Å². The van der Waals surface area contributed by atoms with Gasteiger partial charge >= 0.3 is 12.1 Å². The van der Waals surface area contributed by atoms with Crippen LogP contribution in [0.25, 0.3) is 0 Å². The van der Waals surface area contributed by atoms with Crippen LogP contribution in [-0.4, -0.2) is 56.6 Å². The number of carbonyl (C=O) groups excluding carboxylic acids is 2. The SMILES string of the molecule is COC(=O)NN1CCCC(OC(=O)C(C)OCc2ccc(OC)cc2)C1. The molecule has 1 aliphatic rings. The van der Waals surface area contributed by atoms with Gasteiger partial charge in [-0.3, -0.25) is 5.43 Å². The largest absolute Gasteiger partial charge is 0.497 e. The number of nitrogens with zero attached hydrogens (tertiary/aromatic N) is 1. The highest BCUT2D eigenvalue weighted by atomic mass is 16.6. The summed E-state index contributed by atoms with van der Waals surface area (Å²) in [4.78, 5) is 23.5. The van der Waals surface area contributed by atoms with E-state index >= 15 is 0 Å². The quantitative estimate of drug-likeness (QED) is 0.737. The zero-order chi connectivity index (χ0) is 18.9. The zero-order valence-corrected chi connectivity index (χ0v) is 15.4. The fourth-order valence-electron chi connectivity index (χ4n) is 2.58. The first-order valence-electron chi connectivity index (χ1n) is 8.56. The second-order valence-electron chi connectivity index (χ2n) is 6.05. The first-order valence-corrected chi connectivity index (χ1v) is 8.56. The first-order chi connectivity index (χ1) is 12.5. The number of hydrogen-bond donors (Lipinski definition) is 1. The van der Waals surface area contributed by atoms with Crippen molar-refractivity contribution in [3.05, 3.63) is 29.8 Å². The van der Waals surface area contributed by atoms with E-state index in [1.807, 2.05) is 24.3 Å². The van der Waals surface area contributed by atoms with Crippen molar-refractivity contribution in [2.45, 2.75) is 38.6 Å². The van der Waals surface area contributed by atoms with Gasteiger partial charge in [0.25, 0.3) is 0 Å². The number of amides is 1. The normalized spacial score (nSPS) is 18.7. The zero-order valence-electron chi connectivity index (χ0n) is 15.4. The molecule has 1 fully saturated rings. The molecule has 1 aromatic carbocycles. The molecule has 1 aliphatic heterocycles. The summed E-state index contributed by atoms with van der Waals surface area (Å²) in [7, 11) is 2.91. The van der Waals surface area contributed by atoms with E-state index in [4.69, 9.17) is 14.2 Å². The maximum Gasteiger partial charge on any atom is 0.421 e. The molecule has 0 spiro atoms. The average Bonchev–Trinajstić information content (AvgIpc) is 2.66. The van der Waals surface area contributed by atoms with Crippen molar-refractivity contribution in [2.75, 3.05) is 27.3 Å². The van der Waals surface area contributed by atoms with Gasteiger partial charge in [0.05, 0.1) is 27.4 Å². The van der Waals surface area contributed by atoms with Crippen LogP contribution >= 0.6 is 0 Å². The number of nitrogens with one attached hydrogen (secondary N) is 1. The smallest absolute Gasteiger partial charge is 0.421 e. The van der Waals surface area contributed by atoms with E-state index < -0.39 is 18.2 Å². The minimum atomic E-state index is -0.680. The summed E-state index contributed by atoms with van der Waals surface area (Å²) in [6.45, 7) is 3.08. The standard InChI is InChI=1S/C18H26N2O6/c1-13(25-12-14-6-8-15(23-2)9-7-14)17(21)26-16-5-4-10-20(11-16)19-18(22)24-3/h6-9,13,16H,4-5,10-12H2,1-3H3,(H,19,22). The fourth-order valence-corrected chi connectivity index (χ4v) is 2.58. The van der Waals surface area contributed by atoms with Gasteiger partial charge in [0, 0.05) is 6.54 Å². The third-order valence-corrected chi connectivity index (χ3v) is 4.09. The molecule has 0 saturated carbocycles. The van der Waals surface area contributed by atoms with Gasteiger partial charge in [-0.05, 0) is 37.5 Å². The molecule has 1 amide bonds. The third kappa shape index (κ3) is 6.20. The monoisotopic (exact) mass is 366 g/mol. The van der Waals surface area contributed by atoms with E-state index in [2.05, 4.69) is 10.2 Å². The molecule has 2 rings (SSSR count). The van der Waals surface area contributed by atoms with Crippen LogP contribution in [0.4, 0.5) is 4.79 Å². The Morgan fingerprint density at radius 3 is 2.65 bits per heavy atom. The van der Waals surface area contributed by atoms with Gasteiger partial charge in [-0.2, -0.15) is 0 Å². The molecule has 0 radical (unpaired) electrons. The Bertz CT molecular complexity index is 592. The lowest BCUT2D eigenvalue weighted by atomic mass is 10.1. The first kappa shape index (κ1) is 20.0. The number of hydrogen-bond acceptors (Lipinski definition) is 7. The van der Waals surface area contributed by atoms with E-state index in [1.165, 1.54) is 7.11 Å². The van der Waals surface area contributed by atoms with Gasteiger partial charge in [-0.15, -0.1) is 0 Å². The minimum Gasteiger partial charge on any atom is -0.497 e. The van der Waals surface area contributed by atoms with Crippen LogP contribution in [0.3, 0.4) is 0 Å². The second kappa shape index (κ2) is 9.98. The number of carbonyl (C=O) groups is 2. The lowest BCUT2D eigenvalue weighted by molar-refractivity contribution is -0.165. The fraction of sp³-hybridized carbons (Fsp3) is 0.556. The molecule has 8 heteroatoms. The highest BCUT2D eigenvalue weighted by molar-refractivity contribution is 5.74. The summed E-state index contributed by atoms with van der Waals surface area (Å²) in [5, 5.41) is 1.69. The number of benzene rings is 1. The Kier molecular flexibility index (Phi) is 7.68. The molecule has 8 nitrogen and oxygen atoms in total. The predicted molar refractivity (Wildman–Crippen MR) is 93.5 cm³/mol. The maximum atomic E-state index is 12.2. The number of piperidine rings is 1. The lowest BCUT2D eigenvalue weighted by Crippen LogP contribution is -2.50. The van der Waals surface area contributed by atoms with Gasteiger partial charge in [0.2, 0.25) is 0 Å². The maximum absolute atomic E-state index is 12.2. The lowest BCUT2D eigenvalue weighted by Gasteiger charge is -2.32. The van der Waals surface area contributed by atoms with E-state index in [0.29, 0.717) is 19.7 Å². The van der Waals surface area contributed by atoms with E-state index in [-0.39, 0.29) is 6.10 Å². The Hall–Kier alpha value is -2.32. The van der Waals surface area contributed by atoms with Gasteiger partial charge in [0.1, 0.15) is 11.9 Å². The van der Waals surface area contributed by atoms with Crippen LogP contribution in [0.5, 0.6) is 5.75 Å². The topological polar surface area (TPSA) is 86.3 Å². The summed E-state index contributed by atoms with van der Waals surface area (Å²) in [5.41, 5.74) is 3.54. The number of esters is 1. The Labute approximate surface area is 153 Å². The molecular formula is C18H26N2O6. The van der Waals surface area contributed by atoms with Crippen LogP contribution in [0.2, 0.25) is 0 Å². The molecule has 1 N–H and O–H groups in total.